The monoisotopic (exact) mass is 340 g/mol. The summed E-state index contributed by atoms with van der Waals surface area (Å²) < 4.78 is 27.6. The first-order chi connectivity index (χ1) is 10.7. The third kappa shape index (κ3) is 3.89. The lowest BCUT2D eigenvalue weighted by atomic mass is 10.0. The van der Waals surface area contributed by atoms with Crippen LogP contribution in [0.2, 0.25) is 0 Å². The van der Waals surface area contributed by atoms with Gasteiger partial charge in [-0.2, -0.15) is 0 Å². The van der Waals surface area contributed by atoms with Gasteiger partial charge in [-0.1, -0.05) is 13.0 Å². The molecule has 1 aromatic carbocycles. The van der Waals surface area contributed by atoms with Crippen LogP contribution in [0.25, 0.3) is 0 Å². The molecule has 0 bridgehead atoms. The number of hydrogen-bond donors (Lipinski definition) is 3. The molecule has 0 aromatic heterocycles. The summed E-state index contributed by atoms with van der Waals surface area (Å²) in [5.74, 6) is -1.28. The first-order valence-corrected chi connectivity index (χ1v) is 8.82. The summed E-state index contributed by atoms with van der Waals surface area (Å²) in [7, 11) is -3.87. The molecule has 1 amide bonds. The van der Waals surface area contributed by atoms with Gasteiger partial charge in [0.25, 0.3) is 0 Å². The fraction of sp³-hybridized carbons (Fsp3) is 0.467. The molecular formula is C15H20N2O5S. The van der Waals surface area contributed by atoms with Gasteiger partial charge in [0.05, 0.1) is 16.0 Å². The standard InChI is InChI=1S/C15H20N2O5S/c1-3-10-4-5-11(14(19)20)8-12(10)23(21,22)16-9-15(2)7-6-13(18)17-15/h4-5,8,16H,3,6-7,9H2,1-2H3,(H,17,18)(H,19,20). The highest BCUT2D eigenvalue weighted by Crippen LogP contribution is 2.22. The van der Waals surface area contributed by atoms with Crippen molar-refractivity contribution in [3.63, 3.8) is 0 Å². The van der Waals surface area contributed by atoms with Gasteiger partial charge in [-0.15, -0.1) is 0 Å². The van der Waals surface area contributed by atoms with Crippen molar-refractivity contribution in [1.82, 2.24) is 10.0 Å². The van der Waals surface area contributed by atoms with Crippen LogP contribution in [0, 0.1) is 0 Å². The van der Waals surface area contributed by atoms with E-state index in [2.05, 4.69) is 10.0 Å². The summed E-state index contributed by atoms with van der Waals surface area (Å²) in [5, 5.41) is 11.8. The van der Waals surface area contributed by atoms with E-state index in [9.17, 15) is 18.0 Å². The number of nitrogens with one attached hydrogen (secondary N) is 2. The van der Waals surface area contributed by atoms with Gasteiger partial charge in [0.1, 0.15) is 0 Å². The van der Waals surface area contributed by atoms with Crippen molar-refractivity contribution >= 4 is 21.9 Å². The lowest BCUT2D eigenvalue weighted by Crippen LogP contribution is -2.48. The highest BCUT2D eigenvalue weighted by molar-refractivity contribution is 7.89. The summed E-state index contributed by atoms with van der Waals surface area (Å²) in [6.45, 7) is 3.63. The molecule has 2 rings (SSSR count). The van der Waals surface area contributed by atoms with Gasteiger partial charge in [0.15, 0.2) is 0 Å². The fourth-order valence-electron chi connectivity index (χ4n) is 2.55. The van der Waals surface area contributed by atoms with Gasteiger partial charge in [-0.3, -0.25) is 4.79 Å². The predicted octanol–water partition coefficient (Wildman–Crippen LogP) is 0.894. The third-order valence-electron chi connectivity index (χ3n) is 3.98. The maximum Gasteiger partial charge on any atom is 0.335 e. The molecule has 0 saturated carbocycles. The van der Waals surface area contributed by atoms with Crippen LogP contribution in [0.5, 0.6) is 0 Å². The lowest BCUT2D eigenvalue weighted by Gasteiger charge is -2.24. The average molecular weight is 340 g/mol. The van der Waals surface area contributed by atoms with Gasteiger partial charge < -0.3 is 10.4 Å². The molecule has 1 unspecified atom stereocenters. The summed E-state index contributed by atoms with van der Waals surface area (Å²) in [5.41, 5.74) is -0.160. The average Bonchev–Trinajstić information content (AvgIpc) is 2.84. The zero-order valence-corrected chi connectivity index (χ0v) is 13.9. The van der Waals surface area contributed by atoms with Crippen LogP contribution in [0.3, 0.4) is 0 Å². The first kappa shape index (κ1) is 17.4. The number of rotatable bonds is 6. The Hall–Kier alpha value is -1.93. The number of carbonyl (C=O) groups is 2. The quantitative estimate of drug-likeness (QED) is 0.712. The summed E-state index contributed by atoms with van der Waals surface area (Å²) in [4.78, 5) is 22.4. The van der Waals surface area contributed by atoms with Crippen molar-refractivity contribution in [2.45, 2.75) is 43.5 Å². The smallest absolute Gasteiger partial charge is 0.335 e. The first-order valence-electron chi connectivity index (χ1n) is 7.34. The summed E-state index contributed by atoms with van der Waals surface area (Å²) >= 11 is 0. The van der Waals surface area contributed by atoms with Crippen molar-refractivity contribution in [2.75, 3.05) is 6.54 Å². The molecule has 0 spiro atoms. The molecule has 1 heterocycles. The molecule has 1 aromatic rings. The van der Waals surface area contributed by atoms with Crippen molar-refractivity contribution in [2.24, 2.45) is 0 Å². The highest BCUT2D eigenvalue weighted by atomic mass is 32.2. The van der Waals surface area contributed by atoms with E-state index in [-0.39, 0.29) is 22.9 Å². The van der Waals surface area contributed by atoms with Crippen molar-refractivity contribution in [3.05, 3.63) is 29.3 Å². The Morgan fingerprint density at radius 2 is 2.13 bits per heavy atom. The molecule has 1 aliphatic heterocycles. The minimum absolute atomic E-state index is 0.0344. The molecule has 8 heteroatoms. The van der Waals surface area contributed by atoms with E-state index < -0.39 is 21.5 Å². The van der Waals surface area contributed by atoms with Crippen LogP contribution < -0.4 is 10.0 Å². The molecule has 0 aliphatic carbocycles. The molecule has 0 radical (unpaired) electrons. The topological polar surface area (TPSA) is 113 Å². The molecular weight excluding hydrogens is 320 g/mol. The second-order valence-corrected chi connectivity index (χ2v) is 7.65. The summed E-state index contributed by atoms with van der Waals surface area (Å²) in [6.07, 6.45) is 1.38. The Bertz CT molecular complexity index is 744. The molecule has 1 atom stereocenters. The fourth-order valence-corrected chi connectivity index (χ4v) is 4.05. The largest absolute Gasteiger partial charge is 0.478 e. The third-order valence-corrected chi connectivity index (χ3v) is 5.47. The Balaban J connectivity index is 2.26. The Morgan fingerprint density at radius 1 is 1.43 bits per heavy atom. The van der Waals surface area contributed by atoms with E-state index in [0.29, 0.717) is 24.8 Å². The maximum absolute atomic E-state index is 12.6. The van der Waals surface area contributed by atoms with Crippen molar-refractivity contribution < 1.29 is 23.1 Å². The highest BCUT2D eigenvalue weighted by Gasteiger charge is 2.34. The number of sulfonamides is 1. The normalized spacial score (nSPS) is 21.2. The SMILES string of the molecule is CCc1ccc(C(=O)O)cc1S(=O)(=O)NCC1(C)CCC(=O)N1. The number of aromatic carboxylic acids is 1. The minimum atomic E-state index is -3.87. The van der Waals surface area contributed by atoms with E-state index in [4.69, 9.17) is 5.11 Å². The molecule has 1 fully saturated rings. The number of amides is 1. The molecule has 3 N–H and O–H groups in total. The van der Waals surface area contributed by atoms with Crippen molar-refractivity contribution in [3.8, 4) is 0 Å². The van der Waals surface area contributed by atoms with E-state index in [1.165, 1.54) is 18.2 Å². The predicted molar refractivity (Wildman–Crippen MR) is 83.7 cm³/mol. The second-order valence-electron chi connectivity index (χ2n) is 5.91. The van der Waals surface area contributed by atoms with Crippen LogP contribution in [-0.4, -0.2) is 37.5 Å². The molecule has 126 valence electrons. The van der Waals surface area contributed by atoms with E-state index in [1.807, 2.05) is 0 Å². The Morgan fingerprint density at radius 3 is 2.65 bits per heavy atom. The van der Waals surface area contributed by atoms with Crippen LogP contribution in [0.15, 0.2) is 23.1 Å². The van der Waals surface area contributed by atoms with E-state index in [1.54, 1.807) is 13.8 Å². The van der Waals surface area contributed by atoms with Crippen LogP contribution in [0.1, 0.15) is 42.6 Å². The Kier molecular flexibility index (Phi) is 4.76. The number of benzene rings is 1. The van der Waals surface area contributed by atoms with Crippen molar-refractivity contribution in [1.29, 1.82) is 0 Å². The number of carbonyl (C=O) groups excluding carboxylic acids is 1. The van der Waals surface area contributed by atoms with Gasteiger partial charge in [-0.05, 0) is 37.5 Å². The molecule has 7 nitrogen and oxygen atoms in total. The Labute approximate surface area is 135 Å². The number of aryl methyl sites for hydroxylation is 1. The van der Waals surface area contributed by atoms with Gasteiger partial charge in [-0.25, -0.2) is 17.9 Å². The van der Waals surface area contributed by atoms with Crippen LogP contribution >= 0.6 is 0 Å². The molecule has 1 aliphatic rings. The van der Waals surface area contributed by atoms with Gasteiger partial charge >= 0.3 is 5.97 Å². The number of carboxylic acids is 1. The van der Waals surface area contributed by atoms with Gasteiger partial charge in [0.2, 0.25) is 15.9 Å². The lowest BCUT2D eigenvalue weighted by molar-refractivity contribution is -0.119. The minimum Gasteiger partial charge on any atom is -0.478 e. The van der Waals surface area contributed by atoms with Gasteiger partial charge in [0, 0.05) is 13.0 Å². The maximum atomic E-state index is 12.6. The molecule has 23 heavy (non-hydrogen) atoms. The zero-order chi connectivity index (χ0) is 17.3. The number of hydrogen-bond acceptors (Lipinski definition) is 4. The van der Waals surface area contributed by atoms with E-state index in [0.717, 1.165) is 0 Å². The van der Waals surface area contributed by atoms with E-state index >= 15 is 0 Å². The second kappa shape index (κ2) is 6.29. The summed E-state index contributed by atoms with van der Waals surface area (Å²) in [6, 6.07) is 4.06. The van der Waals surface area contributed by atoms with Crippen LogP contribution in [0.4, 0.5) is 0 Å². The zero-order valence-electron chi connectivity index (χ0n) is 13.0. The van der Waals surface area contributed by atoms with Crippen LogP contribution in [-0.2, 0) is 21.2 Å². The molecule has 1 saturated heterocycles. The number of carboxylic acid groups (broad SMARTS) is 1.